The number of fused-ring (bicyclic) bond motifs is 1. The summed E-state index contributed by atoms with van der Waals surface area (Å²) in [6.07, 6.45) is 3.30. The Labute approximate surface area is 192 Å². The highest BCUT2D eigenvalue weighted by Crippen LogP contribution is 2.38. The molecule has 8 heteroatoms. The maximum Gasteiger partial charge on any atom is 0.165 e. The van der Waals surface area contributed by atoms with Crippen LogP contribution in [0.5, 0.6) is 5.75 Å². The molecule has 0 radical (unpaired) electrons. The molecule has 0 aliphatic carbocycles. The van der Waals surface area contributed by atoms with Gasteiger partial charge in [0.05, 0.1) is 22.8 Å². The van der Waals surface area contributed by atoms with Gasteiger partial charge >= 0.3 is 0 Å². The second-order valence-electron chi connectivity index (χ2n) is 7.54. The lowest BCUT2D eigenvalue weighted by molar-refractivity contribution is -0.104. The van der Waals surface area contributed by atoms with Crippen molar-refractivity contribution >= 4 is 40.3 Å². The number of carbonyl (C=O) groups excluding carboxylic acids is 1. The van der Waals surface area contributed by atoms with Crippen LogP contribution >= 0.6 is 11.6 Å². The van der Waals surface area contributed by atoms with Crippen molar-refractivity contribution in [3.63, 3.8) is 0 Å². The summed E-state index contributed by atoms with van der Waals surface area (Å²) >= 11 is 6.06. The third-order valence-corrected chi connectivity index (χ3v) is 5.66. The highest BCUT2D eigenvalue weighted by Gasteiger charge is 2.28. The van der Waals surface area contributed by atoms with Crippen LogP contribution in [0.25, 0.3) is 10.9 Å². The van der Waals surface area contributed by atoms with Gasteiger partial charge in [-0.1, -0.05) is 24.2 Å². The van der Waals surface area contributed by atoms with E-state index in [9.17, 15) is 4.39 Å². The highest BCUT2D eigenvalue weighted by atomic mass is 35.5. The topological polar surface area (TPSA) is 67.3 Å². The van der Waals surface area contributed by atoms with E-state index in [1.807, 2.05) is 13.0 Å². The van der Waals surface area contributed by atoms with Crippen molar-refractivity contribution in [2.24, 2.45) is 0 Å². The molecule has 168 valence electrons. The van der Waals surface area contributed by atoms with Crippen molar-refractivity contribution in [2.45, 2.75) is 19.8 Å². The second-order valence-corrected chi connectivity index (χ2v) is 7.91. The van der Waals surface area contributed by atoms with Crippen molar-refractivity contribution in [3.05, 3.63) is 65.2 Å². The molecular weight excluding hydrogens is 431 g/mol. The maximum absolute atomic E-state index is 14.6. The average molecular weight is 457 g/mol. The van der Waals surface area contributed by atoms with E-state index in [0.29, 0.717) is 30.2 Å². The molecule has 0 unspecified atom stereocenters. The van der Waals surface area contributed by atoms with E-state index in [1.165, 1.54) is 12.4 Å². The Balaban J connectivity index is 0.000000668. The number of allylic oxidation sites excluding steroid dienone is 1. The molecule has 4 rings (SSSR count). The molecule has 3 aromatic rings. The Hall–Kier alpha value is -3.03. The van der Waals surface area contributed by atoms with Crippen LogP contribution in [0.15, 0.2) is 43.2 Å². The first-order valence-electron chi connectivity index (χ1n) is 10.3. The minimum absolute atomic E-state index is 0.111. The van der Waals surface area contributed by atoms with Crippen LogP contribution in [0.2, 0.25) is 5.02 Å². The van der Waals surface area contributed by atoms with E-state index in [4.69, 9.17) is 21.1 Å². The first-order valence-corrected chi connectivity index (χ1v) is 10.6. The number of benzene rings is 2. The van der Waals surface area contributed by atoms with Gasteiger partial charge < -0.3 is 15.0 Å². The van der Waals surface area contributed by atoms with E-state index in [-0.39, 0.29) is 10.7 Å². The molecule has 2 heterocycles. The molecule has 0 amide bonds. The number of anilines is 2. The monoisotopic (exact) mass is 456 g/mol. The van der Waals surface area contributed by atoms with E-state index in [0.717, 1.165) is 35.3 Å². The quantitative estimate of drug-likeness (QED) is 0.402. The molecule has 6 nitrogen and oxygen atoms in total. The summed E-state index contributed by atoms with van der Waals surface area (Å²) in [5, 5.41) is 4.02. The van der Waals surface area contributed by atoms with Crippen LogP contribution in [-0.2, 0) is 4.79 Å². The predicted octanol–water partition coefficient (Wildman–Crippen LogP) is 5.27. The number of aryl methyl sites for hydroxylation is 1. The van der Waals surface area contributed by atoms with E-state index in [1.54, 1.807) is 19.1 Å². The fourth-order valence-corrected chi connectivity index (χ4v) is 3.73. The Bertz CT molecular complexity index is 1130. The number of ether oxygens (including phenoxy) is 1. The summed E-state index contributed by atoms with van der Waals surface area (Å²) in [5.74, 6) is 1.30. The van der Waals surface area contributed by atoms with E-state index < -0.39 is 5.82 Å². The van der Waals surface area contributed by atoms with Gasteiger partial charge in [-0.15, -0.1) is 0 Å². The summed E-state index contributed by atoms with van der Waals surface area (Å²) < 4.78 is 20.4. The molecule has 1 aliphatic heterocycles. The summed E-state index contributed by atoms with van der Waals surface area (Å²) in [6.45, 7) is 9.39. The number of likely N-dealkylation sites (N-methyl/N-ethyl adjacent to an activating group) is 1. The molecule has 32 heavy (non-hydrogen) atoms. The molecule has 1 saturated heterocycles. The molecule has 0 bridgehead atoms. The first kappa shape index (κ1) is 23.6. The number of halogens is 2. The third kappa shape index (κ3) is 5.06. The van der Waals surface area contributed by atoms with Gasteiger partial charge in [0.1, 0.15) is 24.2 Å². The molecule has 1 fully saturated rings. The average Bonchev–Trinajstić information content (AvgIpc) is 2.77. The van der Waals surface area contributed by atoms with Gasteiger partial charge in [0.2, 0.25) is 0 Å². The van der Waals surface area contributed by atoms with Crippen molar-refractivity contribution in [2.75, 3.05) is 32.1 Å². The number of hydrogen-bond acceptors (Lipinski definition) is 6. The summed E-state index contributed by atoms with van der Waals surface area (Å²) in [6, 6.07) is 7.45. The number of likely N-dealkylation sites (tertiary alicyclic amines) is 1. The summed E-state index contributed by atoms with van der Waals surface area (Å²) in [5.41, 5.74) is 2.85. The van der Waals surface area contributed by atoms with Crippen LogP contribution < -0.4 is 10.1 Å². The smallest absolute Gasteiger partial charge is 0.165 e. The largest absolute Gasteiger partial charge is 0.494 e. The number of aldehydes is 1. The molecular formula is C24H26ClFN4O2. The molecule has 1 N–H and O–H groups in total. The van der Waals surface area contributed by atoms with E-state index in [2.05, 4.69) is 39.9 Å². The molecule has 1 aliphatic rings. The summed E-state index contributed by atoms with van der Waals surface area (Å²) in [4.78, 5) is 20.0. The van der Waals surface area contributed by atoms with Crippen molar-refractivity contribution < 1.29 is 13.9 Å². The molecule has 1 aromatic heterocycles. The Morgan fingerprint density at radius 2 is 2.06 bits per heavy atom. The Morgan fingerprint density at radius 1 is 1.34 bits per heavy atom. The fraction of sp³-hybridized carbons (Fsp3) is 0.292. The SMILES string of the molecule is C=CC=O.CCOc1cc2ncnc(Nc3ccc(C)c(Cl)c3F)c2cc1C1CN(C)C1. The lowest BCUT2D eigenvalue weighted by atomic mass is 9.90. The molecule has 0 atom stereocenters. The second kappa shape index (κ2) is 10.5. The predicted molar refractivity (Wildman–Crippen MR) is 127 cm³/mol. The number of nitrogens with zero attached hydrogens (tertiary/aromatic N) is 3. The Morgan fingerprint density at radius 3 is 2.69 bits per heavy atom. The zero-order valence-corrected chi connectivity index (χ0v) is 19.1. The van der Waals surface area contributed by atoms with Crippen LogP contribution in [0.3, 0.4) is 0 Å². The van der Waals surface area contributed by atoms with Crippen LogP contribution in [0, 0.1) is 12.7 Å². The molecule has 2 aromatic carbocycles. The van der Waals surface area contributed by atoms with Crippen molar-refractivity contribution in [3.8, 4) is 5.75 Å². The minimum Gasteiger partial charge on any atom is -0.494 e. The van der Waals surface area contributed by atoms with Crippen LogP contribution in [0.1, 0.15) is 24.0 Å². The van der Waals surface area contributed by atoms with Gasteiger partial charge in [0, 0.05) is 36.0 Å². The van der Waals surface area contributed by atoms with Crippen molar-refractivity contribution in [1.29, 1.82) is 0 Å². The lowest BCUT2D eigenvalue weighted by Crippen LogP contribution is -2.41. The van der Waals surface area contributed by atoms with Crippen molar-refractivity contribution in [1.82, 2.24) is 14.9 Å². The maximum atomic E-state index is 14.6. The normalized spacial score (nSPS) is 13.7. The number of hydrogen-bond donors (Lipinski definition) is 1. The number of rotatable bonds is 6. The molecule has 0 saturated carbocycles. The van der Waals surface area contributed by atoms with E-state index >= 15 is 0 Å². The fourth-order valence-electron chi connectivity index (χ4n) is 3.57. The van der Waals surface area contributed by atoms with Crippen LogP contribution in [0.4, 0.5) is 15.9 Å². The van der Waals surface area contributed by atoms with Gasteiger partial charge in [-0.3, -0.25) is 4.79 Å². The first-order chi connectivity index (χ1) is 15.4. The summed E-state index contributed by atoms with van der Waals surface area (Å²) in [7, 11) is 2.10. The van der Waals surface area contributed by atoms with Gasteiger partial charge in [-0.05, 0) is 44.7 Å². The highest BCUT2D eigenvalue weighted by molar-refractivity contribution is 6.31. The van der Waals surface area contributed by atoms with Gasteiger partial charge in [-0.25, -0.2) is 14.4 Å². The zero-order valence-electron chi connectivity index (χ0n) is 18.4. The lowest BCUT2D eigenvalue weighted by Gasteiger charge is -2.37. The standard InChI is InChI=1S/C21H22ClFN4O.C3H4O/c1-4-28-18-8-17-15(7-14(18)13-9-27(3)10-13)21(25-11-24-17)26-16-6-5-12(2)19(22)20(16)23;1-2-3-4/h5-8,11,13H,4,9-10H2,1-3H3,(H,24,25,26);2-3H,1H2. The van der Waals surface area contributed by atoms with Crippen LogP contribution in [-0.4, -0.2) is 47.9 Å². The zero-order chi connectivity index (χ0) is 23.3. The number of aromatic nitrogens is 2. The minimum atomic E-state index is -0.486. The Kier molecular flexibility index (Phi) is 7.77. The van der Waals surface area contributed by atoms with Gasteiger partial charge in [0.25, 0.3) is 0 Å². The van der Waals surface area contributed by atoms with Gasteiger partial charge in [-0.2, -0.15) is 0 Å². The third-order valence-electron chi connectivity index (χ3n) is 5.20. The number of nitrogens with one attached hydrogen (secondary N) is 1. The molecule has 0 spiro atoms. The van der Waals surface area contributed by atoms with Gasteiger partial charge in [0.15, 0.2) is 5.82 Å². The number of carbonyl (C=O) groups is 1.